The number of halogens is 3. The summed E-state index contributed by atoms with van der Waals surface area (Å²) in [6.45, 7) is 2.72. The molecule has 3 nitrogen and oxygen atoms in total. The Morgan fingerprint density at radius 2 is 2.00 bits per heavy atom. The smallest absolute Gasteiger partial charge is 0.240 e. The third-order valence-electron chi connectivity index (χ3n) is 3.57. The zero-order valence-corrected chi connectivity index (χ0v) is 11.4. The van der Waals surface area contributed by atoms with Crippen molar-refractivity contribution in [3.63, 3.8) is 0 Å². The SMILES string of the molecule is COc1cccc([C@H](CC(F)F)N2CCNCC2)c1F. The monoisotopic (exact) mass is 288 g/mol. The van der Waals surface area contributed by atoms with Gasteiger partial charge in [-0.1, -0.05) is 12.1 Å². The summed E-state index contributed by atoms with van der Waals surface area (Å²) < 4.78 is 44.9. The highest BCUT2D eigenvalue weighted by Crippen LogP contribution is 2.32. The Labute approximate surface area is 116 Å². The summed E-state index contributed by atoms with van der Waals surface area (Å²) >= 11 is 0. The van der Waals surface area contributed by atoms with Crippen molar-refractivity contribution in [3.8, 4) is 5.75 Å². The van der Waals surface area contributed by atoms with Gasteiger partial charge in [0.15, 0.2) is 11.6 Å². The van der Waals surface area contributed by atoms with Crippen molar-refractivity contribution in [2.75, 3.05) is 33.3 Å². The van der Waals surface area contributed by atoms with E-state index in [-0.39, 0.29) is 17.7 Å². The van der Waals surface area contributed by atoms with E-state index >= 15 is 0 Å². The summed E-state index contributed by atoms with van der Waals surface area (Å²) in [7, 11) is 1.37. The molecule has 0 aromatic heterocycles. The Morgan fingerprint density at radius 3 is 2.60 bits per heavy atom. The number of rotatable bonds is 5. The predicted molar refractivity (Wildman–Crippen MR) is 70.8 cm³/mol. The van der Waals surface area contributed by atoms with Gasteiger partial charge in [-0.2, -0.15) is 0 Å². The average molecular weight is 288 g/mol. The average Bonchev–Trinajstić information content (AvgIpc) is 2.46. The molecule has 1 saturated heterocycles. The van der Waals surface area contributed by atoms with E-state index in [2.05, 4.69) is 5.32 Å². The molecule has 0 spiro atoms. The van der Waals surface area contributed by atoms with Gasteiger partial charge in [-0.25, -0.2) is 13.2 Å². The van der Waals surface area contributed by atoms with Gasteiger partial charge in [0.1, 0.15) is 0 Å². The summed E-state index contributed by atoms with van der Waals surface area (Å²) in [6.07, 6.45) is -2.84. The Hall–Kier alpha value is -1.27. The van der Waals surface area contributed by atoms with Crippen LogP contribution in [0.3, 0.4) is 0 Å². The second kappa shape index (κ2) is 6.95. The lowest BCUT2D eigenvalue weighted by atomic mass is 10.00. The molecule has 2 rings (SSSR count). The first-order valence-electron chi connectivity index (χ1n) is 6.68. The van der Waals surface area contributed by atoms with Crippen LogP contribution in [0.4, 0.5) is 13.2 Å². The number of methoxy groups -OCH3 is 1. The first kappa shape index (κ1) is 15.1. The maximum Gasteiger partial charge on any atom is 0.240 e. The largest absolute Gasteiger partial charge is 0.494 e. The zero-order chi connectivity index (χ0) is 14.5. The van der Waals surface area contributed by atoms with E-state index in [9.17, 15) is 13.2 Å². The quantitative estimate of drug-likeness (QED) is 0.900. The predicted octanol–water partition coefficient (Wildman–Crippen LogP) is 2.44. The normalized spacial score (nSPS) is 18.2. The van der Waals surface area contributed by atoms with Crippen LogP contribution in [-0.2, 0) is 0 Å². The molecule has 1 fully saturated rings. The molecule has 1 atom stereocenters. The lowest BCUT2D eigenvalue weighted by molar-refractivity contribution is 0.0723. The second-order valence-electron chi connectivity index (χ2n) is 4.79. The Morgan fingerprint density at radius 1 is 1.30 bits per heavy atom. The molecule has 0 unspecified atom stereocenters. The van der Waals surface area contributed by atoms with Gasteiger partial charge in [0.2, 0.25) is 6.43 Å². The minimum atomic E-state index is -2.47. The molecule has 0 aliphatic carbocycles. The maximum atomic E-state index is 14.3. The maximum absolute atomic E-state index is 14.3. The van der Waals surface area contributed by atoms with Crippen LogP contribution < -0.4 is 10.1 Å². The van der Waals surface area contributed by atoms with Crippen molar-refractivity contribution in [1.29, 1.82) is 0 Å². The van der Waals surface area contributed by atoms with E-state index in [1.54, 1.807) is 12.1 Å². The summed E-state index contributed by atoms with van der Waals surface area (Å²) in [5.74, 6) is -0.448. The highest BCUT2D eigenvalue weighted by atomic mass is 19.3. The molecular formula is C14H19F3N2O. The molecule has 20 heavy (non-hydrogen) atoms. The Balaban J connectivity index is 2.30. The number of alkyl halides is 2. The molecule has 0 bridgehead atoms. The summed E-state index contributed by atoms with van der Waals surface area (Å²) in [5.41, 5.74) is 0.284. The molecule has 1 heterocycles. The second-order valence-corrected chi connectivity index (χ2v) is 4.79. The molecule has 1 aliphatic rings. The highest BCUT2D eigenvalue weighted by molar-refractivity contribution is 5.33. The molecule has 0 amide bonds. The van der Waals surface area contributed by atoms with Gasteiger partial charge in [0.05, 0.1) is 7.11 Å². The third kappa shape index (κ3) is 3.43. The van der Waals surface area contributed by atoms with Gasteiger partial charge in [-0.3, -0.25) is 4.90 Å². The van der Waals surface area contributed by atoms with Crippen molar-refractivity contribution >= 4 is 0 Å². The summed E-state index contributed by atoms with van der Waals surface area (Å²) in [4.78, 5) is 1.90. The van der Waals surface area contributed by atoms with Crippen LogP contribution in [0.1, 0.15) is 18.0 Å². The van der Waals surface area contributed by atoms with Crippen LogP contribution in [0, 0.1) is 5.82 Å². The molecular weight excluding hydrogens is 269 g/mol. The number of piperazine rings is 1. The van der Waals surface area contributed by atoms with E-state index < -0.39 is 18.3 Å². The van der Waals surface area contributed by atoms with Gasteiger partial charge in [-0.15, -0.1) is 0 Å². The molecule has 1 aliphatic heterocycles. The molecule has 1 aromatic carbocycles. The van der Waals surface area contributed by atoms with Crippen LogP contribution in [0.5, 0.6) is 5.75 Å². The van der Waals surface area contributed by atoms with Gasteiger partial charge in [-0.05, 0) is 6.07 Å². The van der Waals surface area contributed by atoms with E-state index in [4.69, 9.17) is 4.74 Å². The lowest BCUT2D eigenvalue weighted by Gasteiger charge is -2.35. The van der Waals surface area contributed by atoms with E-state index in [0.29, 0.717) is 13.1 Å². The standard InChI is InChI=1S/C14H19F3N2O/c1-20-12-4-2-3-10(14(12)17)11(9-13(15)16)19-7-5-18-6-8-19/h2-4,11,13,18H,5-9H2,1H3/t11-/m0/s1. The topological polar surface area (TPSA) is 24.5 Å². The number of ether oxygens (including phenoxy) is 1. The number of benzene rings is 1. The van der Waals surface area contributed by atoms with Crippen LogP contribution in [0.15, 0.2) is 18.2 Å². The van der Waals surface area contributed by atoms with E-state index in [1.807, 2.05) is 4.90 Å². The zero-order valence-electron chi connectivity index (χ0n) is 11.4. The minimum absolute atomic E-state index is 0.0944. The minimum Gasteiger partial charge on any atom is -0.494 e. The molecule has 1 N–H and O–H groups in total. The first-order chi connectivity index (χ1) is 9.63. The van der Waals surface area contributed by atoms with Crippen molar-refractivity contribution in [2.24, 2.45) is 0 Å². The Kier molecular flexibility index (Phi) is 5.25. The molecule has 1 aromatic rings. The summed E-state index contributed by atoms with van der Waals surface area (Å²) in [6, 6.07) is 4.08. The van der Waals surface area contributed by atoms with Gasteiger partial charge >= 0.3 is 0 Å². The molecule has 0 radical (unpaired) electrons. The van der Waals surface area contributed by atoms with Gasteiger partial charge < -0.3 is 10.1 Å². The van der Waals surface area contributed by atoms with Crippen molar-refractivity contribution < 1.29 is 17.9 Å². The number of nitrogens with one attached hydrogen (secondary N) is 1. The summed E-state index contributed by atoms with van der Waals surface area (Å²) in [5, 5.41) is 3.16. The van der Waals surface area contributed by atoms with Crippen LogP contribution in [0.2, 0.25) is 0 Å². The fraction of sp³-hybridized carbons (Fsp3) is 0.571. The van der Waals surface area contributed by atoms with E-state index in [0.717, 1.165) is 13.1 Å². The third-order valence-corrected chi connectivity index (χ3v) is 3.57. The molecule has 0 saturated carbocycles. The Bertz CT molecular complexity index is 436. The van der Waals surface area contributed by atoms with Crippen LogP contribution in [0.25, 0.3) is 0 Å². The molecule has 6 heteroatoms. The first-order valence-corrected chi connectivity index (χ1v) is 6.68. The van der Waals surface area contributed by atoms with Crippen LogP contribution >= 0.6 is 0 Å². The number of hydrogen-bond donors (Lipinski definition) is 1. The molecule has 112 valence electrons. The van der Waals surface area contributed by atoms with Gasteiger partial charge in [0, 0.05) is 44.2 Å². The fourth-order valence-electron chi connectivity index (χ4n) is 2.58. The van der Waals surface area contributed by atoms with Crippen LogP contribution in [-0.4, -0.2) is 44.6 Å². The van der Waals surface area contributed by atoms with Crippen molar-refractivity contribution in [1.82, 2.24) is 10.2 Å². The van der Waals surface area contributed by atoms with Gasteiger partial charge in [0.25, 0.3) is 0 Å². The highest BCUT2D eigenvalue weighted by Gasteiger charge is 2.28. The number of nitrogens with zero attached hydrogens (tertiary/aromatic N) is 1. The number of hydrogen-bond acceptors (Lipinski definition) is 3. The lowest BCUT2D eigenvalue weighted by Crippen LogP contribution is -2.45. The fourth-order valence-corrected chi connectivity index (χ4v) is 2.58. The van der Waals surface area contributed by atoms with E-state index in [1.165, 1.54) is 13.2 Å². The van der Waals surface area contributed by atoms with Crippen molar-refractivity contribution in [3.05, 3.63) is 29.6 Å². The van der Waals surface area contributed by atoms with Crippen molar-refractivity contribution in [2.45, 2.75) is 18.9 Å².